The highest BCUT2D eigenvalue weighted by Gasteiger charge is 2.29. The molecule has 2 aromatic carbocycles. The zero-order chi connectivity index (χ0) is 29.7. The molecule has 224 valence electrons. The number of ether oxygens (including phenoxy) is 3. The highest BCUT2D eigenvalue weighted by Crippen LogP contribution is 2.31. The SMILES string of the molecule is COCCCOc1cc(CC(CC(N)[C@@H](O)CC(C(=O)NCc2cccc(C)c2)C(C)C)C(C)C)ccc1OC. The van der Waals surface area contributed by atoms with Crippen molar-refractivity contribution < 1.29 is 24.1 Å². The second kappa shape index (κ2) is 17.3. The maximum atomic E-state index is 13.1. The standard InChI is InChI=1S/C33H52N2O5/c1-22(2)27(17-25-12-13-31(39-7)32(18-25)40-15-9-14-38-6)19-29(34)30(36)20-28(23(3)4)33(37)35-21-26-11-8-10-24(5)16-26/h8,10-13,16,18,22-23,27-30,36H,9,14-15,17,19-21,34H2,1-7H3,(H,35,37)/t27?,28?,29?,30-/m0/s1. The molecule has 40 heavy (non-hydrogen) atoms. The summed E-state index contributed by atoms with van der Waals surface area (Å²) < 4.78 is 16.6. The van der Waals surface area contributed by atoms with Gasteiger partial charge in [-0.1, -0.05) is 63.6 Å². The highest BCUT2D eigenvalue weighted by molar-refractivity contribution is 5.78. The molecule has 4 atom stereocenters. The number of carbonyl (C=O) groups excluding carboxylic acids is 1. The van der Waals surface area contributed by atoms with Crippen LogP contribution in [0.25, 0.3) is 0 Å². The molecule has 7 heteroatoms. The van der Waals surface area contributed by atoms with Gasteiger partial charge in [0, 0.05) is 38.6 Å². The van der Waals surface area contributed by atoms with Crippen molar-refractivity contribution >= 4 is 5.91 Å². The van der Waals surface area contributed by atoms with Crippen LogP contribution < -0.4 is 20.5 Å². The van der Waals surface area contributed by atoms with Crippen molar-refractivity contribution in [1.29, 1.82) is 0 Å². The monoisotopic (exact) mass is 556 g/mol. The van der Waals surface area contributed by atoms with E-state index in [1.807, 2.05) is 51.1 Å². The van der Waals surface area contributed by atoms with Gasteiger partial charge in [0.05, 0.1) is 19.8 Å². The molecule has 0 aliphatic carbocycles. The summed E-state index contributed by atoms with van der Waals surface area (Å²) >= 11 is 0. The number of methoxy groups -OCH3 is 2. The molecule has 1 amide bonds. The minimum atomic E-state index is -0.770. The fraction of sp³-hybridized carbons (Fsp3) is 0.606. The molecule has 0 saturated heterocycles. The molecule has 0 radical (unpaired) electrons. The Morgan fingerprint density at radius 3 is 2.33 bits per heavy atom. The fourth-order valence-corrected chi connectivity index (χ4v) is 5.01. The second-order valence-corrected chi connectivity index (χ2v) is 11.6. The zero-order valence-corrected chi connectivity index (χ0v) is 25.6. The Kier molecular flexibility index (Phi) is 14.5. The maximum absolute atomic E-state index is 13.1. The number of rotatable bonds is 18. The lowest BCUT2D eigenvalue weighted by molar-refractivity contribution is -0.127. The summed E-state index contributed by atoms with van der Waals surface area (Å²) in [7, 11) is 3.32. The number of nitrogens with two attached hydrogens (primary N) is 1. The molecule has 0 saturated carbocycles. The van der Waals surface area contributed by atoms with Crippen LogP contribution in [-0.2, 0) is 22.5 Å². The van der Waals surface area contributed by atoms with Crippen LogP contribution in [0.3, 0.4) is 0 Å². The Labute approximate surface area is 241 Å². The van der Waals surface area contributed by atoms with Crippen LogP contribution in [0, 0.1) is 30.6 Å². The predicted octanol–water partition coefficient (Wildman–Crippen LogP) is 5.29. The van der Waals surface area contributed by atoms with Crippen LogP contribution in [0.15, 0.2) is 42.5 Å². The van der Waals surface area contributed by atoms with E-state index in [0.29, 0.717) is 44.3 Å². The van der Waals surface area contributed by atoms with Gasteiger partial charge < -0.3 is 30.4 Å². The number of hydrogen-bond acceptors (Lipinski definition) is 6. The third kappa shape index (κ3) is 11.1. The third-order valence-electron chi connectivity index (χ3n) is 7.67. The summed E-state index contributed by atoms with van der Waals surface area (Å²) in [6.45, 7) is 12.1. The lowest BCUT2D eigenvalue weighted by Crippen LogP contribution is -2.42. The molecule has 2 rings (SSSR count). The van der Waals surface area contributed by atoms with E-state index in [2.05, 4.69) is 31.3 Å². The first-order valence-corrected chi connectivity index (χ1v) is 14.6. The predicted molar refractivity (Wildman–Crippen MR) is 162 cm³/mol. The minimum Gasteiger partial charge on any atom is -0.493 e. The number of aryl methyl sites for hydroxylation is 1. The summed E-state index contributed by atoms with van der Waals surface area (Å²) in [5, 5.41) is 14.2. The lowest BCUT2D eigenvalue weighted by Gasteiger charge is -2.30. The van der Waals surface area contributed by atoms with E-state index in [9.17, 15) is 9.90 Å². The Bertz CT molecular complexity index is 1030. The van der Waals surface area contributed by atoms with Gasteiger partial charge in [0.2, 0.25) is 5.91 Å². The summed E-state index contributed by atoms with van der Waals surface area (Å²) in [6.07, 6.45) is 1.83. The van der Waals surface area contributed by atoms with Crippen molar-refractivity contribution in [2.24, 2.45) is 29.4 Å². The number of hydrogen-bond donors (Lipinski definition) is 3. The van der Waals surface area contributed by atoms with Crippen molar-refractivity contribution in [3.63, 3.8) is 0 Å². The van der Waals surface area contributed by atoms with Crippen molar-refractivity contribution in [2.45, 2.75) is 79.0 Å². The van der Waals surface area contributed by atoms with Crippen molar-refractivity contribution in [1.82, 2.24) is 5.32 Å². The minimum absolute atomic E-state index is 0.0422. The number of amides is 1. The molecule has 0 aliphatic rings. The largest absolute Gasteiger partial charge is 0.493 e. The van der Waals surface area contributed by atoms with E-state index in [1.54, 1.807) is 14.2 Å². The Balaban J connectivity index is 2.01. The third-order valence-corrected chi connectivity index (χ3v) is 7.67. The molecular weight excluding hydrogens is 504 g/mol. The van der Waals surface area contributed by atoms with Crippen molar-refractivity contribution in [3.8, 4) is 11.5 Å². The molecule has 2 aromatic rings. The van der Waals surface area contributed by atoms with Crippen LogP contribution >= 0.6 is 0 Å². The van der Waals surface area contributed by atoms with E-state index < -0.39 is 12.1 Å². The van der Waals surface area contributed by atoms with Crippen LogP contribution in [0.4, 0.5) is 0 Å². The lowest BCUT2D eigenvalue weighted by atomic mass is 9.81. The molecule has 0 spiro atoms. The quantitative estimate of drug-likeness (QED) is 0.216. The van der Waals surface area contributed by atoms with Gasteiger partial charge in [-0.2, -0.15) is 0 Å². The summed E-state index contributed by atoms with van der Waals surface area (Å²) in [5.74, 6) is 1.77. The average molecular weight is 557 g/mol. The number of aliphatic hydroxyl groups excluding tert-OH is 1. The fourth-order valence-electron chi connectivity index (χ4n) is 5.01. The smallest absolute Gasteiger partial charge is 0.223 e. The Morgan fingerprint density at radius 1 is 0.950 bits per heavy atom. The number of nitrogens with one attached hydrogen (secondary N) is 1. The van der Waals surface area contributed by atoms with Gasteiger partial charge in [0.1, 0.15) is 0 Å². The van der Waals surface area contributed by atoms with Crippen LogP contribution in [0.1, 0.15) is 63.6 Å². The van der Waals surface area contributed by atoms with E-state index in [4.69, 9.17) is 19.9 Å². The average Bonchev–Trinajstić information content (AvgIpc) is 2.92. The van der Waals surface area contributed by atoms with E-state index in [1.165, 1.54) is 0 Å². The van der Waals surface area contributed by atoms with Crippen LogP contribution in [0.2, 0.25) is 0 Å². The van der Waals surface area contributed by atoms with Crippen LogP contribution in [-0.4, -0.2) is 50.6 Å². The van der Waals surface area contributed by atoms with Gasteiger partial charge in [-0.25, -0.2) is 0 Å². The normalized spacial score (nSPS) is 14.6. The number of benzene rings is 2. The number of aliphatic hydroxyl groups is 1. The Hall–Kier alpha value is -2.61. The molecular formula is C33H52N2O5. The zero-order valence-electron chi connectivity index (χ0n) is 25.6. The first-order valence-electron chi connectivity index (χ1n) is 14.6. The highest BCUT2D eigenvalue weighted by atomic mass is 16.5. The molecule has 0 aliphatic heterocycles. The van der Waals surface area contributed by atoms with E-state index >= 15 is 0 Å². The molecule has 0 aromatic heterocycles. The summed E-state index contributed by atoms with van der Waals surface area (Å²) in [4.78, 5) is 13.1. The van der Waals surface area contributed by atoms with Gasteiger partial charge in [-0.15, -0.1) is 0 Å². The molecule has 3 unspecified atom stereocenters. The molecule has 0 bridgehead atoms. The number of carbonyl (C=O) groups is 1. The van der Waals surface area contributed by atoms with Gasteiger partial charge in [0.15, 0.2) is 11.5 Å². The maximum Gasteiger partial charge on any atom is 0.223 e. The topological polar surface area (TPSA) is 103 Å². The van der Waals surface area contributed by atoms with Gasteiger partial charge in [0.25, 0.3) is 0 Å². The van der Waals surface area contributed by atoms with Crippen molar-refractivity contribution in [2.75, 3.05) is 27.4 Å². The Morgan fingerprint density at radius 2 is 1.70 bits per heavy atom. The first kappa shape index (κ1) is 33.6. The van der Waals surface area contributed by atoms with E-state index in [-0.39, 0.29) is 23.7 Å². The van der Waals surface area contributed by atoms with Gasteiger partial charge in [-0.3, -0.25) is 4.79 Å². The van der Waals surface area contributed by atoms with Crippen molar-refractivity contribution in [3.05, 3.63) is 59.2 Å². The summed E-state index contributed by atoms with van der Waals surface area (Å²) in [6, 6.07) is 13.7. The molecule has 7 nitrogen and oxygen atoms in total. The summed E-state index contributed by atoms with van der Waals surface area (Å²) in [5.41, 5.74) is 9.93. The molecule has 0 heterocycles. The van der Waals surface area contributed by atoms with E-state index in [0.717, 1.165) is 35.3 Å². The molecule has 4 N–H and O–H groups in total. The van der Waals surface area contributed by atoms with Gasteiger partial charge >= 0.3 is 0 Å². The molecule has 0 fully saturated rings. The first-order chi connectivity index (χ1) is 19.0. The van der Waals surface area contributed by atoms with Crippen LogP contribution in [0.5, 0.6) is 11.5 Å². The van der Waals surface area contributed by atoms with Gasteiger partial charge in [-0.05, 0) is 67.2 Å². The second-order valence-electron chi connectivity index (χ2n) is 11.6.